The molecule has 0 aromatic rings. The number of hydrogen-bond donors (Lipinski definition) is 3. The summed E-state index contributed by atoms with van der Waals surface area (Å²) in [6.45, 7) is 13.6. The predicted octanol–water partition coefficient (Wildman–Crippen LogP) is 3.59. The Morgan fingerprint density at radius 3 is 2.22 bits per heavy atom. The molecular formula is C32H44O9. The highest BCUT2D eigenvalue weighted by Crippen LogP contribution is 2.70. The van der Waals surface area contributed by atoms with E-state index in [9.17, 15) is 39.3 Å². The Morgan fingerprint density at radius 1 is 1.05 bits per heavy atom. The molecule has 41 heavy (non-hydrogen) atoms. The minimum atomic E-state index is -1.42. The molecule has 4 aliphatic carbocycles. The number of carboxylic acid groups (broad SMARTS) is 1. The van der Waals surface area contributed by atoms with Crippen LogP contribution in [0.25, 0.3) is 0 Å². The monoisotopic (exact) mass is 572 g/mol. The van der Waals surface area contributed by atoms with E-state index in [4.69, 9.17) is 4.74 Å². The van der Waals surface area contributed by atoms with Gasteiger partial charge in [0.05, 0.1) is 17.6 Å². The van der Waals surface area contributed by atoms with Gasteiger partial charge in [-0.1, -0.05) is 34.6 Å². The lowest BCUT2D eigenvalue weighted by atomic mass is 9.42. The van der Waals surface area contributed by atoms with Gasteiger partial charge >= 0.3 is 11.9 Å². The number of fused-ring (bicyclic) bond motifs is 4. The Balaban J connectivity index is 1.90. The van der Waals surface area contributed by atoms with Gasteiger partial charge in [0, 0.05) is 47.3 Å². The molecule has 0 aromatic carbocycles. The summed E-state index contributed by atoms with van der Waals surface area (Å²) < 4.78 is 5.81. The first-order valence-electron chi connectivity index (χ1n) is 14.6. The molecule has 3 N–H and O–H groups in total. The van der Waals surface area contributed by atoms with Crippen molar-refractivity contribution in [2.45, 2.75) is 106 Å². The normalized spacial score (nSPS) is 40.0. The van der Waals surface area contributed by atoms with E-state index < -0.39 is 69.5 Å². The third-order valence-corrected chi connectivity index (χ3v) is 11.7. The molecule has 226 valence electrons. The maximum Gasteiger partial charge on any atom is 0.331 e. The zero-order valence-corrected chi connectivity index (χ0v) is 25.4. The van der Waals surface area contributed by atoms with Crippen molar-refractivity contribution in [3.05, 3.63) is 22.8 Å². The number of esters is 1. The molecule has 0 aromatic heterocycles. The predicted molar refractivity (Wildman–Crippen MR) is 148 cm³/mol. The number of carbonyl (C=O) groups excluding carboxylic acids is 4. The van der Waals surface area contributed by atoms with Crippen molar-refractivity contribution >= 4 is 29.3 Å². The summed E-state index contributed by atoms with van der Waals surface area (Å²) in [6.07, 6.45) is -0.727. The zero-order valence-electron chi connectivity index (χ0n) is 25.4. The van der Waals surface area contributed by atoms with E-state index in [1.54, 1.807) is 13.8 Å². The van der Waals surface area contributed by atoms with Gasteiger partial charge < -0.3 is 20.1 Å². The van der Waals surface area contributed by atoms with E-state index in [0.717, 1.165) is 0 Å². The number of allylic oxidation sites excluding steroid dienone is 1. The summed E-state index contributed by atoms with van der Waals surface area (Å²) in [5.41, 5.74) is -3.68. The molecule has 0 amide bonds. The van der Waals surface area contributed by atoms with E-state index in [-0.39, 0.29) is 53.5 Å². The van der Waals surface area contributed by atoms with Gasteiger partial charge in [-0.15, -0.1) is 0 Å². The van der Waals surface area contributed by atoms with Crippen molar-refractivity contribution in [1.29, 1.82) is 0 Å². The van der Waals surface area contributed by atoms with E-state index in [1.165, 1.54) is 19.9 Å². The van der Waals surface area contributed by atoms with Crippen molar-refractivity contribution < 1.29 is 44.0 Å². The van der Waals surface area contributed by atoms with Crippen LogP contribution in [0.1, 0.15) is 87.5 Å². The van der Waals surface area contributed by atoms with E-state index in [1.807, 2.05) is 27.7 Å². The van der Waals surface area contributed by atoms with Crippen LogP contribution in [0.4, 0.5) is 0 Å². The summed E-state index contributed by atoms with van der Waals surface area (Å²) in [5.74, 6) is -4.06. The van der Waals surface area contributed by atoms with Crippen molar-refractivity contribution in [2.24, 2.45) is 39.4 Å². The fraction of sp³-hybridized carbons (Fsp3) is 0.719. The molecule has 0 aliphatic heterocycles. The SMILES string of the molecule is CC(=O)O[C@@H]1C(=O)C2=C(C(=O)CC3C(C)(C)[C@@H](O)CC[C@]23C)[C@]2(C)C(=O)C[C@H](C(C)C[C@H](O)/C=C(\C)C(=O)O)[C@@]12C. The molecule has 2 saturated carbocycles. The molecule has 0 saturated heterocycles. The number of aliphatic carboxylic acids is 1. The molecule has 2 fully saturated rings. The second-order valence-electron chi connectivity index (χ2n) is 14.2. The minimum absolute atomic E-state index is 0.0141. The van der Waals surface area contributed by atoms with Gasteiger partial charge in [0.25, 0.3) is 0 Å². The maximum absolute atomic E-state index is 14.6. The van der Waals surface area contributed by atoms with Gasteiger partial charge in [-0.3, -0.25) is 19.2 Å². The summed E-state index contributed by atoms with van der Waals surface area (Å²) in [4.78, 5) is 66.6. The Labute approximate surface area is 241 Å². The summed E-state index contributed by atoms with van der Waals surface area (Å²) in [6, 6.07) is 0. The molecule has 4 rings (SSSR count). The lowest BCUT2D eigenvalue weighted by Gasteiger charge is -2.61. The van der Waals surface area contributed by atoms with Crippen LogP contribution in [-0.2, 0) is 28.7 Å². The molecule has 0 bridgehead atoms. The Kier molecular flexibility index (Phi) is 7.61. The number of Topliss-reactive ketones (excluding diaryl/α,β-unsaturated/α-hetero) is 3. The van der Waals surface area contributed by atoms with Gasteiger partial charge in [-0.25, -0.2) is 4.79 Å². The van der Waals surface area contributed by atoms with Gasteiger partial charge in [0.15, 0.2) is 11.9 Å². The molecule has 2 unspecified atom stereocenters. The number of ketones is 3. The van der Waals surface area contributed by atoms with Crippen LogP contribution in [0.2, 0.25) is 0 Å². The molecule has 0 radical (unpaired) electrons. The third kappa shape index (κ3) is 4.29. The van der Waals surface area contributed by atoms with E-state index in [0.29, 0.717) is 12.8 Å². The Hall–Kier alpha value is -2.65. The topological polar surface area (TPSA) is 155 Å². The number of carboxylic acids is 1. The van der Waals surface area contributed by atoms with Gasteiger partial charge in [-0.2, -0.15) is 0 Å². The number of ether oxygens (including phenoxy) is 1. The fourth-order valence-corrected chi connectivity index (χ4v) is 9.13. The molecule has 9 heteroatoms. The van der Waals surface area contributed by atoms with Crippen LogP contribution < -0.4 is 0 Å². The van der Waals surface area contributed by atoms with Crippen molar-refractivity contribution in [3.63, 3.8) is 0 Å². The number of aliphatic hydroxyl groups excluding tert-OH is 2. The van der Waals surface area contributed by atoms with Gasteiger partial charge in [-0.05, 0) is 62.4 Å². The van der Waals surface area contributed by atoms with Gasteiger partial charge in [0.1, 0.15) is 5.78 Å². The highest BCUT2D eigenvalue weighted by Gasteiger charge is 2.74. The van der Waals surface area contributed by atoms with E-state index in [2.05, 4.69) is 0 Å². The van der Waals surface area contributed by atoms with Crippen LogP contribution in [-0.4, -0.2) is 62.9 Å². The standard InChI is InChI=1S/C32H44O9/c1-15(11-18(34)12-16(2)28(39)40)19-13-23(37)32(8)24-20(35)14-21-29(4,5)22(36)9-10-30(21,6)25(24)26(38)27(31(19,32)7)41-17(3)33/h12,15,18-19,21-22,27,34,36H,9-11,13-14H2,1-8H3,(H,39,40)/b16-12+/t15?,18-,19+,21?,22-,27+,30-,31-,32-/m0/s1. The first kappa shape index (κ1) is 31.3. The van der Waals surface area contributed by atoms with Gasteiger partial charge in [0.2, 0.25) is 5.78 Å². The maximum atomic E-state index is 14.6. The summed E-state index contributed by atoms with van der Waals surface area (Å²) in [5, 5.41) is 30.7. The minimum Gasteiger partial charge on any atom is -0.478 e. The van der Waals surface area contributed by atoms with Crippen molar-refractivity contribution in [2.75, 3.05) is 0 Å². The molecule has 0 heterocycles. The number of hydrogen-bond acceptors (Lipinski definition) is 8. The van der Waals surface area contributed by atoms with Crippen LogP contribution in [0.5, 0.6) is 0 Å². The molecule has 0 spiro atoms. The third-order valence-electron chi connectivity index (χ3n) is 11.7. The van der Waals surface area contributed by atoms with E-state index >= 15 is 0 Å². The smallest absolute Gasteiger partial charge is 0.331 e. The number of carbonyl (C=O) groups is 5. The first-order valence-corrected chi connectivity index (χ1v) is 14.6. The molecular weight excluding hydrogens is 528 g/mol. The largest absolute Gasteiger partial charge is 0.478 e. The van der Waals surface area contributed by atoms with Crippen LogP contribution >= 0.6 is 0 Å². The average Bonchev–Trinajstić information content (AvgIpc) is 3.07. The fourth-order valence-electron chi connectivity index (χ4n) is 9.13. The lowest BCUT2D eigenvalue weighted by Crippen LogP contribution is -2.65. The second kappa shape index (κ2) is 9.97. The zero-order chi connectivity index (χ0) is 31.0. The molecule has 9 nitrogen and oxygen atoms in total. The quantitative estimate of drug-likeness (QED) is 0.320. The van der Waals surface area contributed by atoms with Crippen molar-refractivity contribution in [3.8, 4) is 0 Å². The second-order valence-corrected chi connectivity index (χ2v) is 14.2. The summed E-state index contributed by atoms with van der Waals surface area (Å²) in [7, 11) is 0. The average molecular weight is 573 g/mol. The lowest BCUT2D eigenvalue weighted by molar-refractivity contribution is -0.176. The first-order chi connectivity index (χ1) is 18.8. The highest BCUT2D eigenvalue weighted by molar-refractivity contribution is 6.18. The Morgan fingerprint density at radius 2 is 1.66 bits per heavy atom. The number of aliphatic hydroxyl groups is 2. The Bertz CT molecular complexity index is 1270. The molecule has 4 aliphatic rings. The van der Waals surface area contributed by atoms with Crippen LogP contribution in [0.15, 0.2) is 22.8 Å². The summed E-state index contributed by atoms with van der Waals surface area (Å²) >= 11 is 0. The van der Waals surface area contributed by atoms with Crippen LogP contribution in [0.3, 0.4) is 0 Å². The highest BCUT2D eigenvalue weighted by atomic mass is 16.5. The van der Waals surface area contributed by atoms with Crippen molar-refractivity contribution in [1.82, 2.24) is 0 Å². The molecule has 9 atom stereocenters. The number of rotatable bonds is 6. The van der Waals surface area contributed by atoms with Crippen LogP contribution in [0, 0.1) is 39.4 Å².